The van der Waals surface area contributed by atoms with Gasteiger partial charge in [-0.2, -0.15) is 0 Å². The van der Waals surface area contributed by atoms with Crippen molar-refractivity contribution in [1.29, 1.82) is 0 Å². The molecule has 0 radical (unpaired) electrons. The zero-order valence-corrected chi connectivity index (χ0v) is 13.6. The Kier molecular flexibility index (Phi) is 7.56. The van der Waals surface area contributed by atoms with Crippen molar-refractivity contribution in [1.82, 2.24) is 4.90 Å². The molecule has 0 bridgehead atoms. The fourth-order valence-electron chi connectivity index (χ4n) is 3.66. The molecule has 0 aromatic carbocycles. The molecule has 3 heteroatoms. The van der Waals surface area contributed by atoms with Crippen LogP contribution in [0.3, 0.4) is 0 Å². The summed E-state index contributed by atoms with van der Waals surface area (Å²) < 4.78 is 0. The van der Waals surface area contributed by atoms with Crippen LogP contribution >= 0.6 is 0 Å². The van der Waals surface area contributed by atoms with Gasteiger partial charge in [-0.1, -0.05) is 57.8 Å². The Bertz CT molecular complexity index is 290. The second kappa shape index (κ2) is 9.45. The molecule has 122 valence electrons. The summed E-state index contributed by atoms with van der Waals surface area (Å²) in [5.74, 6) is 0.132. The van der Waals surface area contributed by atoms with Crippen LogP contribution in [0.1, 0.15) is 83.5 Å². The summed E-state index contributed by atoms with van der Waals surface area (Å²) in [7, 11) is 0. The highest BCUT2D eigenvalue weighted by Crippen LogP contribution is 2.31. The van der Waals surface area contributed by atoms with Gasteiger partial charge in [-0.15, -0.1) is 0 Å². The summed E-state index contributed by atoms with van der Waals surface area (Å²) in [5.41, 5.74) is 0. The molecule has 2 fully saturated rings. The van der Waals surface area contributed by atoms with Crippen LogP contribution in [0, 0.1) is 5.92 Å². The van der Waals surface area contributed by atoms with Crippen LogP contribution in [0.25, 0.3) is 0 Å². The number of aliphatic carboxylic acids is 1. The van der Waals surface area contributed by atoms with Gasteiger partial charge in [0.1, 0.15) is 0 Å². The average Bonchev–Trinajstić information content (AvgIpc) is 3.22. The van der Waals surface area contributed by atoms with E-state index in [-0.39, 0.29) is 6.54 Å². The lowest BCUT2D eigenvalue weighted by atomic mass is 9.96. The third-order valence-corrected chi connectivity index (χ3v) is 5.12. The quantitative estimate of drug-likeness (QED) is 0.814. The minimum Gasteiger partial charge on any atom is -0.480 e. The van der Waals surface area contributed by atoms with E-state index in [0.717, 1.165) is 12.5 Å². The van der Waals surface area contributed by atoms with Crippen molar-refractivity contribution in [2.45, 2.75) is 89.5 Å². The molecule has 0 spiro atoms. The lowest BCUT2D eigenvalue weighted by Crippen LogP contribution is -2.40. The van der Waals surface area contributed by atoms with E-state index in [1.165, 1.54) is 83.5 Å². The van der Waals surface area contributed by atoms with Crippen molar-refractivity contribution >= 4 is 5.97 Å². The zero-order valence-electron chi connectivity index (χ0n) is 13.6. The predicted octanol–water partition coefficient (Wildman–Crippen LogP) is 4.46. The molecule has 0 heterocycles. The molecule has 0 aromatic rings. The van der Waals surface area contributed by atoms with Crippen molar-refractivity contribution in [3.63, 3.8) is 0 Å². The van der Waals surface area contributed by atoms with Crippen LogP contribution in [0.4, 0.5) is 0 Å². The summed E-state index contributed by atoms with van der Waals surface area (Å²) >= 11 is 0. The van der Waals surface area contributed by atoms with E-state index < -0.39 is 5.97 Å². The molecule has 0 unspecified atom stereocenters. The van der Waals surface area contributed by atoms with Gasteiger partial charge in [0.05, 0.1) is 6.54 Å². The Balaban J connectivity index is 1.86. The third kappa shape index (κ3) is 7.30. The van der Waals surface area contributed by atoms with Crippen LogP contribution in [-0.2, 0) is 4.79 Å². The van der Waals surface area contributed by atoms with Crippen molar-refractivity contribution < 1.29 is 9.90 Å². The Morgan fingerprint density at radius 1 is 0.810 bits per heavy atom. The first-order chi connectivity index (χ1) is 10.3. The van der Waals surface area contributed by atoms with Crippen molar-refractivity contribution in [3.8, 4) is 0 Å². The Hall–Kier alpha value is -0.570. The number of rotatable bonds is 5. The van der Waals surface area contributed by atoms with Gasteiger partial charge in [-0.25, -0.2) is 0 Å². The molecule has 0 atom stereocenters. The zero-order chi connectivity index (χ0) is 14.9. The van der Waals surface area contributed by atoms with Gasteiger partial charge in [-0.3, -0.25) is 9.69 Å². The highest BCUT2D eigenvalue weighted by Gasteiger charge is 2.29. The minimum absolute atomic E-state index is 0.251. The third-order valence-electron chi connectivity index (χ3n) is 5.12. The topological polar surface area (TPSA) is 40.5 Å². The van der Waals surface area contributed by atoms with Gasteiger partial charge in [0.15, 0.2) is 0 Å². The molecule has 0 amide bonds. The fourth-order valence-corrected chi connectivity index (χ4v) is 3.66. The monoisotopic (exact) mass is 295 g/mol. The predicted molar refractivity (Wildman–Crippen MR) is 86.5 cm³/mol. The number of hydrogen-bond acceptors (Lipinski definition) is 2. The summed E-state index contributed by atoms with van der Waals surface area (Å²) in [5, 5.41) is 9.21. The summed E-state index contributed by atoms with van der Waals surface area (Å²) in [6.45, 7) is 1.28. The van der Waals surface area contributed by atoms with Gasteiger partial charge in [0, 0.05) is 12.6 Å². The normalized spacial score (nSPS) is 23.5. The van der Waals surface area contributed by atoms with E-state index in [1.54, 1.807) is 0 Å². The number of carboxylic acids is 1. The first kappa shape index (κ1) is 16.8. The molecule has 2 aliphatic carbocycles. The maximum absolute atomic E-state index is 11.2. The van der Waals surface area contributed by atoms with Crippen LogP contribution in [0.15, 0.2) is 0 Å². The van der Waals surface area contributed by atoms with Crippen LogP contribution < -0.4 is 0 Å². The van der Waals surface area contributed by atoms with E-state index in [4.69, 9.17) is 0 Å². The van der Waals surface area contributed by atoms with E-state index >= 15 is 0 Å². The van der Waals surface area contributed by atoms with E-state index in [2.05, 4.69) is 4.90 Å². The molecule has 21 heavy (non-hydrogen) atoms. The summed E-state index contributed by atoms with van der Waals surface area (Å²) in [6.07, 6.45) is 17.2. The maximum atomic E-state index is 11.2. The fraction of sp³-hybridized carbons (Fsp3) is 0.944. The number of carbonyl (C=O) groups is 1. The molecule has 2 saturated carbocycles. The summed E-state index contributed by atoms with van der Waals surface area (Å²) in [4.78, 5) is 13.5. The number of carboxylic acid groups (broad SMARTS) is 1. The highest BCUT2D eigenvalue weighted by atomic mass is 16.4. The van der Waals surface area contributed by atoms with E-state index in [9.17, 15) is 9.90 Å². The first-order valence-corrected chi connectivity index (χ1v) is 9.21. The van der Waals surface area contributed by atoms with Crippen LogP contribution in [0.5, 0.6) is 0 Å². The molecule has 0 saturated heterocycles. The Morgan fingerprint density at radius 3 is 1.71 bits per heavy atom. The van der Waals surface area contributed by atoms with Gasteiger partial charge in [0.2, 0.25) is 0 Å². The van der Waals surface area contributed by atoms with Gasteiger partial charge in [-0.05, 0) is 31.6 Å². The largest absolute Gasteiger partial charge is 0.480 e. The first-order valence-electron chi connectivity index (χ1n) is 9.21. The lowest BCUT2D eigenvalue weighted by Gasteiger charge is -2.31. The molecular formula is C18H33NO2. The lowest BCUT2D eigenvalue weighted by molar-refractivity contribution is -0.139. The minimum atomic E-state index is -0.651. The van der Waals surface area contributed by atoms with Crippen molar-refractivity contribution in [2.75, 3.05) is 13.1 Å². The number of nitrogens with zero attached hydrogens (tertiary/aromatic N) is 1. The smallest absolute Gasteiger partial charge is 0.317 e. The Labute approximate surface area is 130 Å². The second-order valence-corrected chi connectivity index (χ2v) is 7.18. The summed E-state index contributed by atoms with van der Waals surface area (Å²) in [6, 6.07) is 0.515. The van der Waals surface area contributed by atoms with Crippen LogP contribution in [-0.4, -0.2) is 35.1 Å². The highest BCUT2D eigenvalue weighted by molar-refractivity contribution is 5.69. The van der Waals surface area contributed by atoms with Crippen molar-refractivity contribution in [3.05, 3.63) is 0 Å². The molecule has 3 nitrogen and oxygen atoms in total. The SMILES string of the molecule is O=C(O)CN(CC1CC1)C1CCCCCCCCCCC1. The Morgan fingerprint density at radius 2 is 1.29 bits per heavy atom. The number of hydrogen-bond donors (Lipinski definition) is 1. The molecule has 0 aliphatic heterocycles. The average molecular weight is 295 g/mol. The van der Waals surface area contributed by atoms with Gasteiger partial charge in [0.25, 0.3) is 0 Å². The van der Waals surface area contributed by atoms with Crippen LogP contribution in [0.2, 0.25) is 0 Å². The molecule has 2 aliphatic rings. The maximum Gasteiger partial charge on any atom is 0.317 e. The molecule has 1 N–H and O–H groups in total. The van der Waals surface area contributed by atoms with Gasteiger partial charge < -0.3 is 5.11 Å². The molecule has 2 rings (SSSR count). The van der Waals surface area contributed by atoms with Gasteiger partial charge >= 0.3 is 5.97 Å². The van der Waals surface area contributed by atoms with E-state index in [0.29, 0.717) is 6.04 Å². The molecular weight excluding hydrogens is 262 g/mol. The van der Waals surface area contributed by atoms with E-state index in [1.807, 2.05) is 0 Å². The molecule has 0 aromatic heterocycles. The van der Waals surface area contributed by atoms with Crippen molar-refractivity contribution in [2.24, 2.45) is 5.92 Å². The standard InChI is InChI=1S/C18H33NO2/c20-18(21)15-19(14-16-12-13-16)17-10-8-6-4-2-1-3-5-7-9-11-17/h16-17H,1-15H2,(H,20,21). The second-order valence-electron chi connectivity index (χ2n) is 7.18.